The van der Waals surface area contributed by atoms with Crippen molar-refractivity contribution in [3.05, 3.63) is 35.4 Å². The van der Waals surface area contributed by atoms with Crippen molar-refractivity contribution in [1.29, 1.82) is 0 Å². The summed E-state index contributed by atoms with van der Waals surface area (Å²) in [5.74, 6) is -3.54. The summed E-state index contributed by atoms with van der Waals surface area (Å²) in [6.45, 7) is 1.01. The third-order valence-corrected chi connectivity index (χ3v) is 1.96. The van der Waals surface area contributed by atoms with Crippen LogP contribution >= 0.6 is 0 Å². The summed E-state index contributed by atoms with van der Waals surface area (Å²) in [6, 6.07) is 3.17. The van der Waals surface area contributed by atoms with Gasteiger partial charge in [-0.25, -0.2) is 8.78 Å². The van der Waals surface area contributed by atoms with Gasteiger partial charge in [-0.15, -0.1) is 0 Å². The predicted molar refractivity (Wildman–Crippen MR) is 45.1 cm³/mol. The van der Waals surface area contributed by atoms with E-state index in [1.54, 1.807) is 0 Å². The van der Waals surface area contributed by atoms with Crippen LogP contribution in [0.15, 0.2) is 18.2 Å². The van der Waals surface area contributed by atoms with E-state index in [1.807, 2.05) is 0 Å². The van der Waals surface area contributed by atoms with E-state index in [2.05, 4.69) is 0 Å². The van der Waals surface area contributed by atoms with Crippen LogP contribution in [-0.2, 0) is 10.4 Å². The molecule has 1 unspecified atom stereocenters. The largest absolute Gasteiger partial charge is 0.375 e. The van der Waals surface area contributed by atoms with E-state index in [0.29, 0.717) is 0 Å². The third-order valence-electron chi connectivity index (χ3n) is 1.96. The minimum atomic E-state index is -2.20. The average molecular weight is 201 g/mol. The van der Waals surface area contributed by atoms with E-state index in [-0.39, 0.29) is 0 Å². The highest BCUT2D eigenvalue weighted by Crippen LogP contribution is 2.24. The molecule has 0 aromatic heterocycles. The molecule has 5 heteroatoms. The van der Waals surface area contributed by atoms with E-state index in [9.17, 15) is 18.7 Å². The molecule has 0 saturated heterocycles. The minimum absolute atomic E-state index is 0.468. The molecule has 1 amide bonds. The lowest BCUT2D eigenvalue weighted by Crippen LogP contribution is -2.39. The Bertz CT molecular complexity index is 377. The van der Waals surface area contributed by atoms with E-state index in [1.165, 1.54) is 6.07 Å². The van der Waals surface area contributed by atoms with Crippen molar-refractivity contribution in [3.63, 3.8) is 0 Å². The Kier molecular flexibility index (Phi) is 2.53. The summed E-state index contributed by atoms with van der Waals surface area (Å²) in [5, 5.41) is 9.49. The van der Waals surface area contributed by atoms with Crippen LogP contribution in [0.2, 0.25) is 0 Å². The molecular formula is C9H9F2NO2. The molecule has 1 aromatic carbocycles. The Balaban J connectivity index is 3.33. The van der Waals surface area contributed by atoms with Gasteiger partial charge in [-0.05, 0) is 13.0 Å². The summed E-state index contributed by atoms with van der Waals surface area (Å²) in [7, 11) is 0. The number of aliphatic hydroxyl groups is 1. The van der Waals surface area contributed by atoms with Gasteiger partial charge in [0.1, 0.15) is 0 Å². The Morgan fingerprint density at radius 3 is 2.57 bits per heavy atom. The van der Waals surface area contributed by atoms with Crippen molar-refractivity contribution < 1.29 is 18.7 Å². The molecule has 0 aliphatic rings. The molecule has 0 bridgehead atoms. The van der Waals surface area contributed by atoms with Gasteiger partial charge < -0.3 is 10.8 Å². The molecule has 0 radical (unpaired) electrons. The van der Waals surface area contributed by atoms with Crippen LogP contribution in [0.5, 0.6) is 0 Å². The lowest BCUT2D eigenvalue weighted by Gasteiger charge is -2.20. The maximum atomic E-state index is 13.1. The van der Waals surface area contributed by atoms with Gasteiger partial charge in [-0.2, -0.15) is 0 Å². The molecular weight excluding hydrogens is 192 g/mol. The van der Waals surface area contributed by atoms with Gasteiger partial charge in [0.15, 0.2) is 17.2 Å². The fourth-order valence-electron chi connectivity index (χ4n) is 1.01. The molecule has 76 valence electrons. The number of rotatable bonds is 2. The van der Waals surface area contributed by atoms with E-state index < -0.39 is 28.7 Å². The molecule has 3 nitrogen and oxygen atoms in total. The normalized spacial score (nSPS) is 14.9. The Labute approximate surface area is 79.2 Å². The Morgan fingerprint density at radius 1 is 1.50 bits per heavy atom. The lowest BCUT2D eigenvalue weighted by atomic mass is 9.95. The molecule has 0 aliphatic carbocycles. The molecule has 0 heterocycles. The quantitative estimate of drug-likeness (QED) is 0.738. The van der Waals surface area contributed by atoms with E-state index in [0.717, 1.165) is 19.1 Å². The smallest absolute Gasteiger partial charge is 0.253 e. The molecule has 1 rings (SSSR count). The first-order valence-electron chi connectivity index (χ1n) is 3.84. The molecule has 0 saturated carbocycles. The fraction of sp³-hybridized carbons (Fsp3) is 0.222. The van der Waals surface area contributed by atoms with Gasteiger partial charge in [-0.3, -0.25) is 4.79 Å². The second-order valence-corrected chi connectivity index (χ2v) is 3.04. The zero-order valence-corrected chi connectivity index (χ0v) is 7.42. The third kappa shape index (κ3) is 1.58. The molecule has 1 aromatic rings. The fourth-order valence-corrected chi connectivity index (χ4v) is 1.01. The topological polar surface area (TPSA) is 63.3 Å². The highest BCUT2D eigenvalue weighted by molar-refractivity contribution is 5.84. The predicted octanol–water partition coefficient (Wildman–Crippen LogP) is 0.658. The molecule has 3 N–H and O–H groups in total. The standard InChI is InChI=1S/C9H9F2NO2/c1-9(14,8(12)13)5-3-2-4-6(10)7(5)11/h2-4,14H,1H3,(H2,12,13). The van der Waals surface area contributed by atoms with E-state index in [4.69, 9.17) is 5.73 Å². The van der Waals surface area contributed by atoms with Crippen molar-refractivity contribution in [2.24, 2.45) is 5.73 Å². The van der Waals surface area contributed by atoms with Crippen LogP contribution in [0.3, 0.4) is 0 Å². The van der Waals surface area contributed by atoms with Gasteiger partial charge in [-0.1, -0.05) is 12.1 Å². The van der Waals surface area contributed by atoms with E-state index >= 15 is 0 Å². The first kappa shape index (κ1) is 10.6. The minimum Gasteiger partial charge on any atom is -0.375 e. The second-order valence-electron chi connectivity index (χ2n) is 3.04. The number of benzene rings is 1. The van der Waals surface area contributed by atoms with Gasteiger partial charge >= 0.3 is 0 Å². The van der Waals surface area contributed by atoms with Gasteiger partial charge in [0.05, 0.1) is 0 Å². The molecule has 0 fully saturated rings. The van der Waals surface area contributed by atoms with Crippen LogP contribution in [0, 0.1) is 11.6 Å². The first-order valence-corrected chi connectivity index (χ1v) is 3.84. The summed E-state index contributed by atoms with van der Waals surface area (Å²) in [6.07, 6.45) is 0. The van der Waals surface area contributed by atoms with Crippen molar-refractivity contribution in [2.75, 3.05) is 0 Å². The highest BCUT2D eigenvalue weighted by atomic mass is 19.2. The van der Waals surface area contributed by atoms with Gasteiger partial charge in [0, 0.05) is 5.56 Å². The Morgan fingerprint density at radius 2 is 2.07 bits per heavy atom. The summed E-state index contributed by atoms with van der Waals surface area (Å²) in [4.78, 5) is 10.8. The lowest BCUT2D eigenvalue weighted by molar-refractivity contribution is -0.135. The number of primary amides is 1. The molecule has 0 spiro atoms. The molecule has 1 atom stereocenters. The summed E-state index contributed by atoms with van der Waals surface area (Å²) >= 11 is 0. The summed E-state index contributed by atoms with van der Waals surface area (Å²) in [5.41, 5.74) is 2.17. The zero-order chi connectivity index (χ0) is 10.9. The van der Waals surface area contributed by atoms with Crippen molar-refractivity contribution in [1.82, 2.24) is 0 Å². The number of carbonyl (C=O) groups excluding carboxylic acids is 1. The number of hydrogen-bond acceptors (Lipinski definition) is 2. The maximum absolute atomic E-state index is 13.1. The number of hydrogen-bond donors (Lipinski definition) is 2. The number of halogens is 2. The van der Waals surface area contributed by atoms with Crippen molar-refractivity contribution in [3.8, 4) is 0 Å². The Hall–Kier alpha value is -1.49. The van der Waals surface area contributed by atoms with Crippen LogP contribution < -0.4 is 5.73 Å². The van der Waals surface area contributed by atoms with Gasteiger partial charge in [0.2, 0.25) is 0 Å². The first-order chi connectivity index (χ1) is 6.37. The van der Waals surface area contributed by atoms with Crippen molar-refractivity contribution in [2.45, 2.75) is 12.5 Å². The zero-order valence-electron chi connectivity index (χ0n) is 7.42. The number of carbonyl (C=O) groups is 1. The van der Waals surface area contributed by atoms with Crippen molar-refractivity contribution >= 4 is 5.91 Å². The SMILES string of the molecule is CC(O)(C(N)=O)c1cccc(F)c1F. The monoisotopic (exact) mass is 201 g/mol. The highest BCUT2D eigenvalue weighted by Gasteiger charge is 2.33. The number of amides is 1. The second kappa shape index (κ2) is 3.34. The van der Waals surface area contributed by atoms with Crippen LogP contribution in [-0.4, -0.2) is 11.0 Å². The molecule has 0 aliphatic heterocycles. The van der Waals surface area contributed by atoms with Gasteiger partial charge in [0.25, 0.3) is 5.91 Å². The van der Waals surface area contributed by atoms with Crippen LogP contribution in [0.4, 0.5) is 8.78 Å². The average Bonchev–Trinajstić information content (AvgIpc) is 2.09. The summed E-state index contributed by atoms with van der Waals surface area (Å²) < 4.78 is 25.8. The van der Waals surface area contributed by atoms with Crippen LogP contribution in [0.1, 0.15) is 12.5 Å². The molecule has 14 heavy (non-hydrogen) atoms. The number of nitrogens with two attached hydrogens (primary N) is 1. The maximum Gasteiger partial charge on any atom is 0.253 e. The van der Waals surface area contributed by atoms with Crippen LogP contribution in [0.25, 0.3) is 0 Å².